The van der Waals surface area contributed by atoms with Crippen LogP contribution in [0.1, 0.15) is 40.8 Å². The molecule has 0 amide bonds. The van der Waals surface area contributed by atoms with Gasteiger partial charge in [-0.25, -0.2) is 0 Å². The lowest BCUT2D eigenvalue weighted by Crippen LogP contribution is -1.88. The van der Waals surface area contributed by atoms with Crippen LogP contribution in [0.3, 0.4) is 0 Å². The van der Waals surface area contributed by atoms with Crippen molar-refractivity contribution < 1.29 is 0 Å². The third-order valence-electron chi connectivity index (χ3n) is 6.80. The van der Waals surface area contributed by atoms with Gasteiger partial charge in [-0.2, -0.15) is 0 Å². The van der Waals surface area contributed by atoms with Gasteiger partial charge in [-0.15, -0.1) is 0 Å². The van der Waals surface area contributed by atoms with Gasteiger partial charge in [-0.05, 0) is 68.4 Å². The highest BCUT2D eigenvalue weighted by Crippen LogP contribution is 2.38. The standard InChI is InChI=1S/C34H26.CH4/c1-23-3-7-25(8-4-23)11-13-27-15-17-29-20-22-32-28(14-12-26-9-5-24(2)6-10-26)16-18-30-19-21-31(27)33(29)34(30)32;/h3-22H,1-2H3;1H4/b13-11+,14-12+;. The van der Waals surface area contributed by atoms with E-state index in [0.717, 1.165) is 0 Å². The van der Waals surface area contributed by atoms with Crippen molar-refractivity contribution in [1.82, 2.24) is 0 Å². The van der Waals surface area contributed by atoms with E-state index < -0.39 is 0 Å². The molecule has 0 saturated carbocycles. The normalized spacial score (nSPS) is 11.8. The van der Waals surface area contributed by atoms with Gasteiger partial charge in [0.05, 0.1) is 0 Å². The Morgan fingerprint density at radius 1 is 0.400 bits per heavy atom. The molecule has 0 atom stereocenters. The highest BCUT2D eigenvalue weighted by molar-refractivity contribution is 6.25. The zero-order valence-corrected chi connectivity index (χ0v) is 19.5. The van der Waals surface area contributed by atoms with Crippen LogP contribution in [0.4, 0.5) is 0 Å². The molecule has 6 rings (SSSR count). The second-order valence-corrected chi connectivity index (χ2v) is 9.22. The molecule has 0 nitrogen and oxygen atoms in total. The molecule has 0 fully saturated rings. The summed E-state index contributed by atoms with van der Waals surface area (Å²) < 4.78 is 0. The minimum atomic E-state index is 0. The van der Waals surface area contributed by atoms with Gasteiger partial charge < -0.3 is 0 Å². The zero-order chi connectivity index (χ0) is 23.1. The molecule has 170 valence electrons. The van der Waals surface area contributed by atoms with Gasteiger partial charge in [-0.3, -0.25) is 0 Å². The van der Waals surface area contributed by atoms with Gasteiger partial charge in [0.1, 0.15) is 0 Å². The van der Waals surface area contributed by atoms with E-state index in [1.165, 1.54) is 65.7 Å². The molecular formula is C35H30. The molecule has 6 aromatic carbocycles. The van der Waals surface area contributed by atoms with E-state index in [9.17, 15) is 0 Å². The van der Waals surface area contributed by atoms with E-state index in [1.54, 1.807) is 0 Å². The average molecular weight is 451 g/mol. The monoisotopic (exact) mass is 450 g/mol. The van der Waals surface area contributed by atoms with Crippen LogP contribution in [0, 0.1) is 13.8 Å². The molecule has 0 aliphatic rings. The molecule has 0 aliphatic carbocycles. The number of rotatable bonds is 4. The molecule has 0 heteroatoms. The van der Waals surface area contributed by atoms with E-state index in [1.807, 2.05) is 0 Å². The molecule has 0 radical (unpaired) electrons. The van der Waals surface area contributed by atoms with Gasteiger partial charge in [0, 0.05) is 0 Å². The van der Waals surface area contributed by atoms with Crippen molar-refractivity contribution in [3.8, 4) is 0 Å². The topological polar surface area (TPSA) is 0 Å². The quantitative estimate of drug-likeness (QED) is 0.185. The lowest BCUT2D eigenvalue weighted by molar-refractivity contribution is 1.46. The molecule has 0 spiro atoms. The number of hydrogen-bond donors (Lipinski definition) is 0. The fourth-order valence-corrected chi connectivity index (χ4v) is 4.86. The van der Waals surface area contributed by atoms with Gasteiger partial charge in [0.15, 0.2) is 0 Å². The van der Waals surface area contributed by atoms with E-state index in [-0.39, 0.29) is 7.43 Å². The summed E-state index contributed by atoms with van der Waals surface area (Å²) in [5, 5.41) is 7.90. The van der Waals surface area contributed by atoms with E-state index in [0.29, 0.717) is 0 Å². The molecule has 0 bridgehead atoms. The van der Waals surface area contributed by atoms with Crippen molar-refractivity contribution in [2.24, 2.45) is 0 Å². The fourth-order valence-electron chi connectivity index (χ4n) is 4.86. The first-order valence-electron chi connectivity index (χ1n) is 11.9. The van der Waals surface area contributed by atoms with E-state index in [2.05, 4.69) is 135 Å². The van der Waals surface area contributed by atoms with Crippen molar-refractivity contribution in [1.29, 1.82) is 0 Å². The first-order valence-corrected chi connectivity index (χ1v) is 11.9. The number of aryl methyl sites for hydroxylation is 2. The smallest absolute Gasteiger partial charge is 0.00206 e. The first kappa shape index (κ1) is 22.6. The van der Waals surface area contributed by atoms with Crippen LogP contribution in [0.15, 0.2) is 97.1 Å². The highest BCUT2D eigenvalue weighted by atomic mass is 14.1. The zero-order valence-electron chi connectivity index (χ0n) is 19.5. The largest absolute Gasteiger partial charge is 0.0776 e. The maximum Gasteiger partial charge on any atom is -0.00206 e. The van der Waals surface area contributed by atoms with Gasteiger partial charge >= 0.3 is 0 Å². The Morgan fingerprint density at radius 2 is 0.771 bits per heavy atom. The SMILES string of the molecule is C.Cc1ccc(/C=C/c2ccc3ccc4c(/C=C/c5ccc(C)cc5)ccc5ccc2c3c54)cc1. The molecule has 0 unspecified atom stereocenters. The maximum atomic E-state index is 2.28. The summed E-state index contributed by atoms with van der Waals surface area (Å²) in [4.78, 5) is 0. The molecule has 35 heavy (non-hydrogen) atoms. The Hall–Kier alpha value is -4.16. The summed E-state index contributed by atoms with van der Waals surface area (Å²) in [5.74, 6) is 0. The van der Waals surface area contributed by atoms with Crippen molar-refractivity contribution in [2.75, 3.05) is 0 Å². The lowest BCUT2D eigenvalue weighted by Gasteiger charge is -2.14. The molecule has 0 aromatic heterocycles. The molecule has 0 heterocycles. The third kappa shape index (κ3) is 4.24. The van der Waals surface area contributed by atoms with Crippen LogP contribution in [-0.4, -0.2) is 0 Å². The summed E-state index contributed by atoms with van der Waals surface area (Å²) in [7, 11) is 0. The third-order valence-corrected chi connectivity index (χ3v) is 6.80. The Labute approximate surface area is 208 Å². The minimum absolute atomic E-state index is 0. The second kappa shape index (κ2) is 9.24. The van der Waals surface area contributed by atoms with Crippen LogP contribution in [0.5, 0.6) is 0 Å². The minimum Gasteiger partial charge on any atom is -0.0776 e. The van der Waals surface area contributed by atoms with Crippen molar-refractivity contribution in [2.45, 2.75) is 21.3 Å². The Kier molecular flexibility index (Phi) is 5.97. The Bertz CT molecular complexity index is 1550. The van der Waals surface area contributed by atoms with E-state index >= 15 is 0 Å². The Balaban J connectivity index is 0.00000253. The predicted octanol–water partition coefficient (Wildman–Crippen LogP) is 10.2. The Morgan fingerprint density at radius 3 is 1.17 bits per heavy atom. The fraction of sp³-hybridized carbons (Fsp3) is 0.0857. The van der Waals surface area contributed by atoms with Crippen LogP contribution in [-0.2, 0) is 0 Å². The summed E-state index contributed by atoms with van der Waals surface area (Å²) in [6.45, 7) is 4.25. The van der Waals surface area contributed by atoms with Crippen molar-refractivity contribution in [3.05, 3.63) is 130 Å². The van der Waals surface area contributed by atoms with Crippen molar-refractivity contribution >= 4 is 56.6 Å². The molecular weight excluding hydrogens is 420 g/mol. The summed E-state index contributed by atoms with van der Waals surface area (Å²) in [6, 6.07) is 35.4. The molecule has 6 aromatic rings. The predicted molar refractivity (Wildman–Crippen MR) is 157 cm³/mol. The van der Waals surface area contributed by atoms with Gasteiger partial charge in [0.2, 0.25) is 0 Å². The summed E-state index contributed by atoms with van der Waals surface area (Å²) in [6.07, 6.45) is 8.91. The first-order chi connectivity index (χ1) is 16.7. The maximum absolute atomic E-state index is 2.28. The van der Waals surface area contributed by atoms with Gasteiger partial charge in [-0.1, -0.05) is 140 Å². The molecule has 0 saturated heterocycles. The van der Waals surface area contributed by atoms with Crippen LogP contribution < -0.4 is 0 Å². The van der Waals surface area contributed by atoms with Crippen molar-refractivity contribution in [3.63, 3.8) is 0 Å². The number of hydrogen-bond acceptors (Lipinski definition) is 0. The van der Waals surface area contributed by atoms with E-state index in [4.69, 9.17) is 0 Å². The summed E-state index contributed by atoms with van der Waals surface area (Å²) in [5.41, 5.74) is 7.52. The van der Waals surface area contributed by atoms with Crippen LogP contribution in [0.25, 0.3) is 56.6 Å². The van der Waals surface area contributed by atoms with Crippen LogP contribution in [0.2, 0.25) is 0 Å². The molecule has 0 aliphatic heterocycles. The van der Waals surface area contributed by atoms with Gasteiger partial charge in [0.25, 0.3) is 0 Å². The average Bonchev–Trinajstić information content (AvgIpc) is 2.87. The van der Waals surface area contributed by atoms with Crippen LogP contribution >= 0.6 is 0 Å². The lowest BCUT2D eigenvalue weighted by atomic mass is 9.89. The highest BCUT2D eigenvalue weighted by Gasteiger charge is 2.11. The second-order valence-electron chi connectivity index (χ2n) is 9.22. The molecule has 0 N–H and O–H groups in total. The summed E-state index contributed by atoms with van der Waals surface area (Å²) >= 11 is 0. The number of benzene rings is 6.